The summed E-state index contributed by atoms with van der Waals surface area (Å²) in [6.07, 6.45) is 8.58. The zero-order valence-electron chi connectivity index (χ0n) is 12.1. The summed E-state index contributed by atoms with van der Waals surface area (Å²) in [5.41, 5.74) is 6.63. The normalized spacial score (nSPS) is 17.2. The molecule has 1 aromatic rings. The van der Waals surface area contributed by atoms with E-state index in [1.54, 1.807) is 18.5 Å². The Kier molecular flexibility index (Phi) is 4.21. The molecule has 0 bridgehead atoms. The number of carbonyl (C=O) groups excluding carboxylic acids is 1. The van der Waals surface area contributed by atoms with Gasteiger partial charge in [-0.2, -0.15) is 0 Å². The lowest BCUT2D eigenvalue weighted by atomic mass is 9.97. The largest absolute Gasteiger partial charge is 0.352 e. The number of hydrogen-bond acceptors (Lipinski definition) is 3. The van der Waals surface area contributed by atoms with Crippen molar-refractivity contribution in [2.24, 2.45) is 23.5 Å². The quantitative estimate of drug-likeness (QED) is 0.806. The fourth-order valence-corrected chi connectivity index (χ4v) is 2.91. The maximum absolute atomic E-state index is 12.4. The molecule has 0 atom stereocenters. The maximum atomic E-state index is 12.4. The van der Waals surface area contributed by atoms with Gasteiger partial charge in [-0.15, -0.1) is 0 Å². The van der Waals surface area contributed by atoms with Gasteiger partial charge in [0, 0.05) is 18.9 Å². The number of nitrogens with one attached hydrogen (secondary N) is 1. The third-order valence-electron chi connectivity index (χ3n) is 4.34. The summed E-state index contributed by atoms with van der Waals surface area (Å²) in [5, 5.41) is 3.09. The second kappa shape index (κ2) is 6.28. The molecular formula is C17H21N3O. The van der Waals surface area contributed by atoms with Gasteiger partial charge in [-0.3, -0.25) is 9.78 Å². The van der Waals surface area contributed by atoms with Gasteiger partial charge < -0.3 is 11.1 Å². The van der Waals surface area contributed by atoms with Crippen molar-refractivity contribution in [3.63, 3.8) is 0 Å². The summed E-state index contributed by atoms with van der Waals surface area (Å²) in [6.45, 7) is 1.07. The van der Waals surface area contributed by atoms with Gasteiger partial charge in [-0.1, -0.05) is 11.8 Å². The molecule has 3 N–H and O–H groups in total. The smallest absolute Gasteiger partial charge is 0.252 e. The van der Waals surface area contributed by atoms with Crippen LogP contribution < -0.4 is 11.1 Å². The van der Waals surface area contributed by atoms with E-state index < -0.39 is 0 Å². The molecule has 2 aliphatic rings. The first-order valence-corrected chi connectivity index (χ1v) is 7.70. The second-order valence-corrected chi connectivity index (χ2v) is 5.98. The van der Waals surface area contributed by atoms with Crippen LogP contribution in [0.4, 0.5) is 0 Å². The van der Waals surface area contributed by atoms with Crippen LogP contribution in [0.25, 0.3) is 0 Å². The van der Waals surface area contributed by atoms with Gasteiger partial charge in [0.05, 0.1) is 17.7 Å². The lowest BCUT2D eigenvalue weighted by Crippen LogP contribution is -2.31. The molecule has 0 aromatic carbocycles. The first-order valence-electron chi connectivity index (χ1n) is 7.70. The van der Waals surface area contributed by atoms with Gasteiger partial charge >= 0.3 is 0 Å². The monoisotopic (exact) mass is 283 g/mol. The van der Waals surface area contributed by atoms with E-state index in [9.17, 15) is 4.79 Å². The molecule has 3 rings (SSSR count). The molecule has 0 spiro atoms. The average Bonchev–Trinajstić information content (AvgIpc) is 3.38. The number of nitrogens with zero attached hydrogens (tertiary/aromatic N) is 1. The predicted octanol–water partition coefficient (Wildman–Crippen LogP) is 1.56. The Labute approximate surface area is 125 Å². The van der Waals surface area contributed by atoms with Crippen LogP contribution in [-0.4, -0.2) is 24.0 Å². The van der Waals surface area contributed by atoms with Crippen LogP contribution in [0.15, 0.2) is 18.5 Å². The molecule has 1 heterocycles. The topological polar surface area (TPSA) is 68.0 Å². The number of pyridine rings is 1. The first kappa shape index (κ1) is 14.1. The van der Waals surface area contributed by atoms with Gasteiger partial charge in [-0.05, 0) is 49.5 Å². The van der Waals surface area contributed by atoms with E-state index in [1.807, 2.05) is 0 Å². The molecule has 1 amide bonds. The van der Waals surface area contributed by atoms with E-state index in [1.165, 1.54) is 25.7 Å². The summed E-state index contributed by atoms with van der Waals surface area (Å²) in [6, 6.07) is 1.72. The molecule has 1 aromatic heterocycles. The molecule has 110 valence electrons. The van der Waals surface area contributed by atoms with E-state index in [2.05, 4.69) is 22.1 Å². The molecule has 2 aliphatic carbocycles. The van der Waals surface area contributed by atoms with Crippen molar-refractivity contribution in [3.8, 4) is 11.8 Å². The van der Waals surface area contributed by atoms with Crippen molar-refractivity contribution in [1.29, 1.82) is 0 Å². The van der Waals surface area contributed by atoms with Crippen molar-refractivity contribution >= 4 is 5.91 Å². The summed E-state index contributed by atoms with van der Waals surface area (Å²) < 4.78 is 0. The molecule has 0 saturated heterocycles. The van der Waals surface area contributed by atoms with Gasteiger partial charge in [0.2, 0.25) is 0 Å². The molecule has 4 nitrogen and oxygen atoms in total. The van der Waals surface area contributed by atoms with Crippen LogP contribution in [-0.2, 0) is 0 Å². The van der Waals surface area contributed by atoms with Crippen LogP contribution in [0.1, 0.15) is 41.6 Å². The van der Waals surface area contributed by atoms with Crippen LogP contribution in [0, 0.1) is 29.6 Å². The highest BCUT2D eigenvalue weighted by atomic mass is 16.1. The summed E-state index contributed by atoms with van der Waals surface area (Å²) >= 11 is 0. The minimum atomic E-state index is -0.0509. The SMILES string of the molecule is NCC#Cc1cnccc1C(=O)NCC(C1CC1)C1CC1. The lowest BCUT2D eigenvalue weighted by Gasteiger charge is -2.16. The molecule has 0 radical (unpaired) electrons. The highest BCUT2D eigenvalue weighted by Crippen LogP contribution is 2.48. The van der Waals surface area contributed by atoms with Crippen LogP contribution in [0.3, 0.4) is 0 Å². The first-order chi connectivity index (χ1) is 10.3. The fraction of sp³-hybridized carbons (Fsp3) is 0.529. The Bertz CT molecular complexity index is 567. The Balaban J connectivity index is 1.64. The highest BCUT2D eigenvalue weighted by Gasteiger charge is 2.41. The zero-order valence-corrected chi connectivity index (χ0v) is 12.1. The predicted molar refractivity (Wildman–Crippen MR) is 81.4 cm³/mol. The molecule has 2 saturated carbocycles. The molecular weight excluding hydrogens is 262 g/mol. The second-order valence-electron chi connectivity index (χ2n) is 5.98. The fourth-order valence-electron chi connectivity index (χ4n) is 2.91. The molecule has 21 heavy (non-hydrogen) atoms. The summed E-state index contributed by atoms with van der Waals surface area (Å²) in [5.74, 6) is 8.00. The van der Waals surface area contributed by atoms with Gasteiger partial charge in [0.15, 0.2) is 0 Å². The number of aromatic nitrogens is 1. The molecule has 4 heteroatoms. The van der Waals surface area contributed by atoms with E-state index in [-0.39, 0.29) is 12.5 Å². The van der Waals surface area contributed by atoms with E-state index in [0.29, 0.717) is 17.0 Å². The van der Waals surface area contributed by atoms with E-state index in [0.717, 1.165) is 18.4 Å². The van der Waals surface area contributed by atoms with Crippen molar-refractivity contribution < 1.29 is 4.79 Å². The van der Waals surface area contributed by atoms with Crippen molar-refractivity contribution in [2.75, 3.05) is 13.1 Å². The minimum Gasteiger partial charge on any atom is -0.352 e. The Hall–Kier alpha value is -1.86. The van der Waals surface area contributed by atoms with Crippen LogP contribution in [0.2, 0.25) is 0 Å². The number of nitrogens with two attached hydrogens (primary N) is 1. The van der Waals surface area contributed by atoms with Crippen LogP contribution >= 0.6 is 0 Å². The number of amides is 1. The van der Waals surface area contributed by atoms with Crippen molar-refractivity contribution in [3.05, 3.63) is 29.6 Å². The molecule has 2 fully saturated rings. The van der Waals surface area contributed by atoms with E-state index >= 15 is 0 Å². The van der Waals surface area contributed by atoms with Crippen LogP contribution in [0.5, 0.6) is 0 Å². The maximum Gasteiger partial charge on any atom is 0.252 e. The van der Waals surface area contributed by atoms with Crippen molar-refractivity contribution in [1.82, 2.24) is 10.3 Å². The molecule has 0 unspecified atom stereocenters. The van der Waals surface area contributed by atoms with Crippen molar-refractivity contribution in [2.45, 2.75) is 25.7 Å². The number of hydrogen-bond donors (Lipinski definition) is 2. The highest BCUT2D eigenvalue weighted by molar-refractivity contribution is 5.96. The van der Waals surface area contributed by atoms with Gasteiger partial charge in [-0.25, -0.2) is 0 Å². The summed E-state index contributed by atoms with van der Waals surface area (Å²) in [7, 11) is 0. The molecule has 0 aliphatic heterocycles. The zero-order chi connectivity index (χ0) is 14.7. The third kappa shape index (κ3) is 3.62. The standard InChI is InChI=1S/C17H21N3O/c18-8-1-2-14-10-19-9-7-15(14)17(21)20-11-16(12-3-4-12)13-5-6-13/h7,9-10,12-13,16H,3-6,8,11,18H2,(H,20,21). The number of carbonyl (C=O) groups is 1. The number of rotatable bonds is 5. The summed E-state index contributed by atoms with van der Waals surface area (Å²) in [4.78, 5) is 16.4. The Morgan fingerprint density at radius 2 is 2.10 bits per heavy atom. The van der Waals surface area contributed by atoms with Gasteiger partial charge in [0.1, 0.15) is 0 Å². The lowest BCUT2D eigenvalue weighted by molar-refractivity contribution is 0.0943. The van der Waals surface area contributed by atoms with Gasteiger partial charge in [0.25, 0.3) is 5.91 Å². The Morgan fingerprint density at radius 1 is 1.38 bits per heavy atom. The average molecular weight is 283 g/mol. The Morgan fingerprint density at radius 3 is 2.71 bits per heavy atom. The third-order valence-corrected chi connectivity index (χ3v) is 4.34. The van der Waals surface area contributed by atoms with E-state index in [4.69, 9.17) is 5.73 Å². The minimum absolute atomic E-state index is 0.0509.